The van der Waals surface area contributed by atoms with E-state index in [0.717, 1.165) is 29.4 Å². The molecule has 0 radical (unpaired) electrons. The molecule has 2 aromatic carbocycles. The zero-order chi connectivity index (χ0) is 21.4. The average molecular weight is 485 g/mol. The second-order valence-corrected chi connectivity index (χ2v) is 9.98. The summed E-state index contributed by atoms with van der Waals surface area (Å²) in [5, 5.41) is 2.95. The maximum Gasteiger partial charge on any atom is 0.242 e. The van der Waals surface area contributed by atoms with Crippen LogP contribution < -0.4 is 5.32 Å². The summed E-state index contributed by atoms with van der Waals surface area (Å²) in [4.78, 5) is 12.2. The fourth-order valence-corrected chi connectivity index (χ4v) is 4.30. The van der Waals surface area contributed by atoms with E-state index < -0.39 is 15.8 Å². The number of aryl methyl sites for hydroxylation is 1. The zero-order valence-electron chi connectivity index (χ0n) is 16.6. The molecule has 0 aliphatic carbocycles. The molecule has 2 aromatic rings. The van der Waals surface area contributed by atoms with Crippen molar-refractivity contribution in [3.8, 4) is 0 Å². The molecule has 5 nitrogen and oxygen atoms in total. The molecule has 0 aliphatic heterocycles. The molecule has 2 rings (SSSR count). The summed E-state index contributed by atoms with van der Waals surface area (Å²) >= 11 is 3.41. The number of carbonyl (C=O) groups excluding carboxylic acids is 1. The van der Waals surface area contributed by atoms with E-state index >= 15 is 0 Å². The molecule has 158 valence electrons. The number of halogens is 2. The fraction of sp³-hybridized carbons (Fsp3) is 0.381. The van der Waals surface area contributed by atoms with Gasteiger partial charge < -0.3 is 5.32 Å². The molecule has 0 spiro atoms. The minimum absolute atomic E-state index is 0.0341. The van der Waals surface area contributed by atoms with Gasteiger partial charge in [-0.05, 0) is 68.1 Å². The van der Waals surface area contributed by atoms with Gasteiger partial charge in [-0.2, -0.15) is 0 Å². The molecular formula is C21H26BrFN2O3S. The lowest BCUT2D eigenvalue weighted by molar-refractivity contribution is -0.121. The Bertz CT molecular complexity index is 903. The van der Waals surface area contributed by atoms with E-state index in [-0.39, 0.29) is 29.8 Å². The standard InChI is InChI=1S/C21H26BrFN2O3S/c1-16(5-6-17-7-9-18(22)10-8-17)24-21(26)4-3-15-25(2)29(27,28)20-13-11-19(23)12-14-20/h7-14,16H,3-6,15H2,1-2H3,(H,24,26). The predicted molar refractivity (Wildman–Crippen MR) is 116 cm³/mol. The first kappa shape index (κ1) is 23.5. The van der Waals surface area contributed by atoms with Gasteiger partial charge in [-0.25, -0.2) is 17.1 Å². The first-order valence-corrected chi connectivity index (χ1v) is 11.7. The third-order valence-electron chi connectivity index (χ3n) is 4.59. The predicted octanol–water partition coefficient (Wildman–Crippen LogP) is 4.13. The number of amides is 1. The van der Waals surface area contributed by atoms with Crippen LogP contribution in [0.25, 0.3) is 0 Å². The number of nitrogens with one attached hydrogen (secondary N) is 1. The van der Waals surface area contributed by atoms with E-state index in [1.54, 1.807) is 0 Å². The van der Waals surface area contributed by atoms with Crippen LogP contribution in [0, 0.1) is 5.82 Å². The van der Waals surface area contributed by atoms with E-state index in [9.17, 15) is 17.6 Å². The molecule has 0 saturated heterocycles. The van der Waals surface area contributed by atoms with Gasteiger partial charge in [-0.1, -0.05) is 28.1 Å². The second kappa shape index (κ2) is 10.8. The number of benzene rings is 2. The van der Waals surface area contributed by atoms with Crippen LogP contribution >= 0.6 is 15.9 Å². The van der Waals surface area contributed by atoms with Gasteiger partial charge in [-0.15, -0.1) is 0 Å². The van der Waals surface area contributed by atoms with Crippen LogP contribution in [-0.2, 0) is 21.2 Å². The van der Waals surface area contributed by atoms with Gasteiger partial charge in [0.1, 0.15) is 5.82 Å². The molecule has 1 amide bonds. The summed E-state index contributed by atoms with van der Waals surface area (Å²) in [6.45, 7) is 2.17. The highest BCUT2D eigenvalue weighted by Gasteiger charge is 2.20. The Hall–Kier alpha value is -1.77. The van der Waals surface area contributed by atoms with E-state index in [4.69, 9.17) is 0 Å². The Morgan fingerprint density at radius 2 is 1.76 bits per heavy atom. The number of hydrogen-bond donors (Lipinski definition) is 1. The summed E-state index contributed by atoms with van der Waals surface area (Å²) < 4.78 is 40.1. The lowest BCUT2D eigenvalue weighted by Crippen LogP contribution is -2.34. The molecular weight excluding hydrogens is 459 g/mol. The Labute approximate surface area is 180 Å². The molecule has 1 unspecified atom stereocenters. The van der Waals surface area contributed by atoms with Gasteiger partial charge in [-0.3, -0.25) is 4.79 Å². The third kappa shape index (κ3) is 7.53. The minimum Gasteiger partial charge on any atom is -0.354 e. The van der Waals surface area contributed by atoms with Crippen molar-refractivity contribution >= 4 is 31.9 Å². The summed E-state index contributed by atoms with van der Waals surface area (Å²) in [7, 11) is -2.23. The molecule has 0 aromatic heterocycles. The van der Waals surface area contributed by atoms with E-state index in [2.05, 4.69) is 33.4 Å². The van der Waals surface area contributed by atoms with Crippen LogP contribution in [0.4, 0.5) is 4.39 Å². The Morgan fingerprint density at radius 1 is 1.14 bits per heavy atom. The maximum atomic E-state index is 13.0. The highest BCUT2D eigenvalue weighted by Crippen LogP contribution is 2.15. The van der Waals surface area contributed by atoms with Crippen molar-refractivity contribution in [1.29, 1.82) is 0 Å². The van der Waals surface area contributed by atoms with Crippen LogP contribution in [0.1, 0.15) is 31.7 Å². The molecule has 1 N–H and O–H groups in total. The molecule has 0 fully saturated rings. The smallest absolute Gasteiger partial charge is 0.242 e. The summed E-state index contributed by atoms with van der Waals surface area (Å²) in [5.41, 5.74) is 1.21. The summed E-state index contributed by atoms with van der Waals surface area (Å²) in [6, 6.07) is 12.8. The quantitative estimate of drug-likeness (QED) is 0.551. The van der Waals surface area contributed by atoms with Crippen molar-refractivity contribution < 1.29 is 17.6 Å². The molecule has 1 atom stereocenters. The largest absolute Gasteiger partial charge is 0.354 e. The monoisotopic (exact) mass is 484 g/mol. The van der Waals surface area contributed by atoms with Crippen LogP contribution in [0.2, 0.25) is 0 Å². The van der Waals surface area contributed by atoms with Crippen molar-refractivity contribution in [2.45, 2.75) is 43.5 Å². The molecule has 0 aliphatic rings. The number of rotatable bonds is 10. The number of sulfonamides is 1. The third-order valence-corrected chi connectivity index (χ3v) is 6.99. The van der Waals surface area contributed by atoms with Gasteiger partial charge >= 0.3 is 0 Å². The minimum atomic E-state index is -3.69. The lowest BCUT2D eigenvalue weighted by Gasteiger charge is -2.18. The van der Waals surface area contributed by atoms with Crippen molar-refractivity contribution in [1.82, 2.24) is 9.62 Å². The Morgan fingerprint density at radius 3 is 2.38 bits per heavy atom. The topological polar surface area (TPSA) is 66.5 Å². The first-order valence-electron chi connectivity index (χ1n) is 9.44. The van der Waals surface area contributed by atoms with Gasteiger partial charge in [0, 0.05) is 30.5 Å². The van der Waals surface area contributed by atoms with Crippen LogP contribution in [0.5, 0.6) is 0 Å². The van der Waals surface area contributed by atoms with Crippen LogP contribution in [0.15, 0.2) is 57.9 Å². The Balaban J connectivity index is 1.72. The van der Waals surface area contributed by atoms with Gasteiger partial charge in [0.2, 0.25) is 15.9 Å². The highest BCUT2D eigenvalue weighted by molar-refractivity contribution is 9.10. The molecule has 8 heteroatoms. The van der Waals surface area contributed by atoms with Crippen LogP contribution in [0.3, 0.4) is 0 Å². The molecule has 0 heterocycles. The van der Waals surface area contributed by atoms with E-state index in [1.807, 2.05) is 19.1 Å². The maximum absolute atomic E-state index is 13.0. The number of nitrogens with zero attached hydrogens (tertiary/aromatic N) is 1. The molecule has 29 heavy (non-hydrogen) atoms. The number of carbonyl (C=O) groups is 1. The van der Waals surface area contributed by atoms with Gasteiger partial charge in [0.25, 0.3) is 0 Å². The fourth-order valence-electron chi connectivity index (χ4n) is 2.82. The van der Waals surface area contributed by atoms with Gasteiger partial charge in [0.15, 0.2) is 0 Å². The van der Waals surface area contributed by atoms with Crippen molar-refractivity contribution in [2.75, 3.05) is 13.6 Å². The van der Waals surface area contributed by atoms with Crippen LogP contribution in [-0.4, -0.2) is 38.3 Å². The average Bonchev–Trinajstić information content (AvgIpc) is 2.67. The van der Waals surface area contributed by atoms with Gasteiger partial charge in [0.05, 0.1) is 4.90 Å². The van der Waals surface area contributed by atoms with Crippen molar-refractivity contribution in [3.63, 3.8) is 0 Å². The highest BCUT2D eigenvalue weighted by atomic mass is 79.9. The van der Waals surface area contributed by atoms with E-state index in [0.29, 0.717) is 6.42 Å². The lowest BCUT2D eigenvalue weighted by atomic mass is 10.1. The number of hydrogen-bond acceptors (Lipinski definition) is 3. The van der Waals surface area contributed by atoms with Crippen molar-refractivity contribution in [3.05, 3.63) is 64.4 Å². The first-order chi connectivity index (χ1) is 13.7. The summed E-state index contributed by atoms with van der Waals surface area (Å²) in [5.74, 6) is -0.585. The Kier molecular flexibility index (Phi) is 8.79. The molecule has 0 saturated carbocycles. The zero-order valence-corrected chi connectivity index (χ0v) is 19.0. The molecule has 0 bridgehead atoms. The normalized spacial score (nSPS) is 12.7. The summed E-state index contributed by atoms with van der Waals surface area (Å²) in [6.07, 6.45) is 2.34. The second-order valence-electron chi connectivity index (χ2n) is 7.02. The van der Waals surface area contributed by atoms with E-state index in [1.165, 1.54) is 29.0 Å². The van der Waals surface area contributed by atoms with Crippen molar-refractivity contribution in [2.24, 2.45) is 0 Å². The SMILES string of the molecule is CC(CCc1ccc(Br)cc1)NC(=O)CCCN(C)S(=O)(=O)c1ccc(F)cc1.